The van der Waals surface area contributed by atoms with Crippen molar-refractivity contribution < 1.29 is 17.8 Å². The van der Waals surface area contributed by atoms with Gasteiger partial charge in [-0.2, -0.15) is 8.42 Å². The molecule has 1 aromatic rings. The Kier molecular flexibility index (Phi) is 2.09. The number of hydrogen-bond donors (Lipinski definition) is 1. The van der Waals surface area contributed by atoms with E-state index >= 15 is 0 Å². The molecular formula is C7H7N3O4S. The number of para-hydroxylation sites is 1. The molecule has 0 fully saturated rings. The minimum absolute atomic E-state index is 0.145. The standard InChI is InChI=1S/C7H7N3O4S/c11-10-7-4-2-1-3-6(7)5-9(8-10)15(12,13)14/h1-4H,5H2,(H,12,13,14). The summed E-state index contributed by atoms with van der Waals surface area (Å²) in [5.41, 5.74) is 0.762. The highest BCUT2D eigenvalue weighted by atomic mass is 32.2. The topological polar surface area (TPSA) is 96.0 Å². The van der Waals surface area contributed by atoms with Crippen LogP contribution in [0.5, 0.6) is 0 Å². The summed E-state index contributed by atoms with van der Waals surface area (Å²) in [7, 11) is -4.48. The third-order valence-corrected chi connectivity index (χ3v) is 2.69. The number of hydrogen-bond acceptors (Lipinski definition) is 4. The van der Waals surface area contributed by atoms with Crippen molar-refractivity contribution in [3.8, 4) is 0 Å². The van der Waals surface area contributed by atoms with Gasteiger partial charge in [0.05, 0.1) is 0 Å². The van der Waals surface area contributed by atoms with E-state index in [1.54, 1.807) is 18.2 Å². The molecule has 0 saturated carbocycles. The first-order chi connectivity index (χ1) is 6.98. The minimum atomic E-state index is -4.48. The van der Waals surface area contributed by atoms with Gasteiger partial charge >= 0.3 is 10.3 Å². The van der Waals surface area contributed by atoms with Crippen LogP contribution in [0, 0.1) is 5.21 Å². The Morgan fingerprint density at radius 2 is 2.13 bits per heavy atom. The smallest absolute Gasteiger partial charge is 0.454 e. The quantitative estimate of drug-likeness (QED) is 0.438. The zero-order chi connectivity index (χ0) is 11.1. The maximum absolute atomic E-state index is 11.3. The number of rotatable bonds is 1. The second-order valence-corrected chi connectivity index (χ2v) is 4.27. The SMILES string of the molecule is O=S(=O)(O)N1Cc2ccccc2[N+]([O-])=N1. The van der Waals surface area contributed by atoms with Gasteiger partial charge in [-0.3, -0.25) is 4.55 Å². The summed E-state index contributed by atoms with van der Waals surface area (Å²) in [5.74, 6) is 0. The summed E-state index contributed by atoms with van der Waals surface area (Å²) < 4.78 is 30.6. The Labute approximate surface area is 85.7 Å². The van der Waals surface area contributed by atoms with Crippen LogP contribution in [0.25, 0.3) is 0 Å². The molecule has 80 valence electrons. The van der Waals surface area contributed by atoms with Gasteiger partial charge in [0.2, 0.25) is 0 Å². The van der Waals surface area contributed by atoms with E-state index in [4.69, 9.17) is 4.55 Å². The predicted octanol–water partition coefficient (Wildman–Crippen LogP) is 0.814. The first-order valence-corrected chi connectivity index (χ1v) is 5.40. The van der Waals surface area contributed by atoms with Crippen LogP contribution in [0.1, 0.15) is 5.56 Å². The lowest BCUT2D eigenvalue weighted by Gasteiger charge is -2.18. The Morgan fingerprint density at radius 3 is 2.80 bits per heavy atom. The van der Waals surface area contributed by atoms with Crippen molar-refractivity contribution in [3.05, 3.63) is 35.0 Å². The van der Waals surface area contributed by atoms with Crippen molar-refractivity contribution in [3.63, 3.8) is 0 Å². The first-order valence-electron chi connectivity index (χ1n) is 4.00. The molecule has 0 unspecified atom stereocenters. The Hall–Kier alpha value is -1.67. The molecule has 1 N–H and O–H groups in total. The van der Waals surface area contributed by atoms with Crippen LogP contribution in [0.3, 0.4) is 0 Å². The maximum Gasteiger partial charge on any atom is 0.454 e. The van der Waals surface area contributed by atoms with Crippen molar-refractivity contribution >= 4 is 16.0 Å². The molecule has 0 spiro atoms. The van der Waals surface area contributed by atoms with Crippen LogP contribution in [0.4, 0.5) is 5.69 Å². The van der Waals surface area contributed by atoms with E-state index in [1.807, 2.05) is 0 Å². The average Bonchev–Trinajstić information content (AvgIpc) is 2.16. The largest absolute Gasteiger partial charge is 0.691 e. The van der Waals surface area contributed by atoms with E-state index in [0.29, 0.717) is 9.98 Å². The van der Waals surface area contributed by atoms with E-state index in [1.165, 1.54) is 6.07 Å². The normalized spacial score (nSPS) is 15.8. The van der Waals surface area contributed by atoms with Gasteiger partial charge in [-0.05, 0) is 10.5 Å². The second-order valence-electron chi connectivity index (χ2n) is 2.95. The van der Waals surface area contributed by atoms with E-state index in [2.05, 4.69) is 5.22 Å². The maximum atomic E-state index is 11.3. The highest BCUT2D eigenvalue weighted by Crippen LogP contribution is 2.25. The van der Waals surface area contributed by atoms with Crippen molar-refractivity contribution in [2.24, 2.45) is 5.22 Å². The van der Waals surface area contributed by atoms with Gasteiger partial charge in [-0.15, -0.1) is 4.86 Å². The van der Waals surface area contributed by atoms with Crippen LogP contribution >= 0.6 is 0 Å². The summed E-state index contributed by atoms with van der Waals surface area (Å²) >= 11 is 0. The molecule has 8 heteroatoms. The third kappa shape index (κ3) is 1.76. The molecule has 7 nitrogen and oxygen atoms in total. The summed E-state index contributed by atoms with van der Waals surface area (Å²) in [5, 5.41) is 14.4. The van der Waals surface area contributed by atoms with Crippen molar-refractivity contribution in [1.29, 1.82) is 0 Å². The van der Waals surface area contributed by atoms with E-state index in [0.717, 1.165) is 0 Å². The predicted molar refractivity (Wildman–Crippen MR) is 49.2 cm³/mol. The lowest BCUT2D eigenvalue weighted by molar-refractivity contribution is -0.463. The van der Waals surface area contributed by atoms with E-state index in [-0.39, 0.29) is 17.1 Å². The fraction of sp³-hybridized carbons (Fsp3) is 0.143. The molecular weight excluding hydrogens is 222 g/mol. The monoisotopic (exact) mass is 229 g/mol. The van der Waals surface area contributed by atoms with Crippen molar-refractivity contribution in [2.75, 3.05) is 0 Å². The van der Waals surface area contributed by atoms with Gasteiger partial charge in [0.15, 0.2) is 12.2 Å². The zero-order valence-corrected chi connectivity index (χ0v) is 8.25. The van der Waals surface area contributed by atoms with Crippen LogP contribution in [-0.2, 0) is 16.8 Å². The molecule has 0 aliphatic carbocycles. The van der Waals surface area contributed by atoms with Gasteiger partial charge in [-0.1, -0.05) is 18.2 Å². The minimum Gasteiger partial charge on any atom is -0.691 e. The molecule has 0 amide bonds. The Balaban J connectivity index is 2.50. The number of nitrogens with zero attached hydrogens (tertiary/aromatic N) is 3. The first kappa shape index (κ1) is 9.87. The summed E-state index contributed by atoms with van der Waals surface area (Å²) in [4.78, 5) is 0.159. The number of fused-ring (bicyclic) bond motifs is 1. The zero-order valence-electron chi connectivity index (χ0n) is 7.44. The third-order valence-electron chi connectivity index (χ3n) is 1.95. The van der Waals surface area contributed by atoms with Gasteiger partial charge in [0.25, 0.3) is 0 Å². The molecule has 1 aromatic carbocycles. The molecule has 0 aromatic heterocycles. The molecule has 0 atom stereocenters. The van der Waals surface area contributed by atoms with E-state index < -0.39 is 10.3 Å². The van der Waals surface area contributed by atoms with E-state index in [9.17, 15) is 13.6 Å². The van der Waals surface area contributed by atoms with Crippen LogP contribution in [-0.4, -0.2) is 22.2 Å². The van der Waals surface area contributed by atoms with Crippen molar-refractivity contribution in [1.82, 2.24) is 4.41 Å². The molecule has 1 aliphatic rings. The molecule has 2 rings (SSSR count). The Bertz CT molecular complexity index is 525. The summed E-state index contributed by atoms with van der Waals surface area (Å²) in [6.45, 7) is -0.145. The average molecular weight is 229 g/mol. The lowest BCUT2D eigenvalue weighted by Crippen LogP contribution is -2.29. The number of benzene rings is 1. The fourth-order valence-corrected chi connectivity index (χ4v) is 1.74. The second kappa shape index (κ2) is 3.17. The van der Waals surface area contributed by atoms with Crippen LogP contribution in [0.15, 0.2) is 29.5 Å². The highest BCUT2D eigenvalue weighted by molar-refractivity contribution is 7.83. The molecule has 0 saturated heterocycles. The molecule has 0 radical (unpaired) electrons. The van der Waals surface area contributed by atoms with Gasteiger partial charge in [0.1, 0.15) is 5.22 Å². The van der Waals surface area contributed by atoms with Crippen LogP contribution in [0.2, 0.25) is 0 Å². The van der Waals surface area contributed by atoms with Gasteiger partial charge in [-0.25, -0.2) is 0 Å². The summed E-state index contributed by atoms with van der Waals surface area (Å²) in [6.07, 6.45) is 0. The Morgan fingerprint density at radius 1 is 1.47 bits per heavy atom. The van der Waals surface area contributed by atoms with Gasteiger partial charge < -0.3 is 5.21 Å². The highest BCUT2D eigenvalue weighted by Gasteiger charge is 2.31. The summed E-state index contributed by atoms with van der Waals surface area (Å²) in [6, 6.07) is 6.42. The fourth-order valence-electron chi connectivity index (χ4n) is 1.27. The molecule has 0 bridgehead atoms. The molecule has 1 heterocycles. The molecule has 15 heavy (non-hydrogen) atoms. The molecule has 1 aliphatic heterocycles. The van der Waals surface area contributed by atoms with Crippen LogP contribution < -0.4 is 0 Å². The lowest BCUT2D eigenvalue weighted by atomic mass is 10.2. The van der Waals surface area contributed by atoms with Gasteiger partial charge in [0, 0.05) is 5.56 Å². The van der Waals surface area contributed by atoms with Crippen molar-refractivity contribution in [2.45, 2.75) is 6.54 Å².